The van der Waals surface area contributed by atoms with E-state index in [1.54, 1.807) is 6.20 Å². The number of aromatic nitrogens is 2. The lowest BCUT2D eigenvalue weighted by Gasteiger charge is -2.56. The Kier molecular flexibility index (Phi) is 1.92. The lowest BCUT2D eigenvalue weighted by Crippen LogP contribution is -2.47. The largest absolute Gasteiger partial charge is 0.396 e. The predicted octanol–water partition coefficient (Wildman–Crippen LogP) is 2.68. The molecule has 0 unspecified atom stereocenters. The van der Waals surface area contributed by atoms with E-state index in [1.165, 1.54) is 38.5 Å². The third kappa shape index (κ3) is 1.59. The van der Waals surface area contributed by atoms with Gasteiger partial charge in [-0.05, 0) is 61.7 Å². The van der Waals surface area contributed by atoms with Crippen molar-refractivity contribution < 1.29 is 0 Å². The van der Waals surface area contributed by atoms with Crippen LogP contribution in [0.1, 0.15) is 38.5 Å². The van der Waals surface area contributed by atoms with Crippen LogP contribution in [0.4, 0.5) is 5.69 Å². The second kappa shape index (κ2) is 3.27. The summed E-state index contributed by atoms with van der Waals surface area (Å²) in [4.78, 5) is 0. The number of nitrogen functional groups attached to an aromatic ring is 1. The summed E-state index contributed by atoms with van der Waals surface area (Å²) < 4.78 is 2.09. The molecule has 0 spiro atoms. The Morgan fingerprint density at radius 3 is 2.24 bits per heavy atom. The summed E-state index contributed by atoms with van der Waals surface area (Å²) in [6.07, 6.45) is 12.6. The SMILES string of the molecule is Nc1cnn(CC23CC4CC(CC(C4)C2)C3)c1. The maximum Gasteiger partial charge on any atom is 0.0719 e. The van der Waals surface area contributed by atoms with E-state index in [4.69, 9.17) is 5.73 Å². The Hall–Kier alpha value is -0.990. The van der Waals surface area contributed by atoms with E-state index in [2.05, 4.69) is 9.78 Å². The van der Waals surface area contributed by atoms with Gasteiger partial charge in [0, 0.05) is 12.7 Å². The summed E-state index contributed by atoms with van der Waals surface area (Å²) in [5, 5.41) is 4.38. The average Bonchev–Trinajstić information content (AvgIpc) is 2.60. The van der Waals surface area contributed by atoms with Crippen molar-refractivity contribution in [3.05, 3.63) is 12.4 Å². The van der Waals surface area contributed by atoms with Crippen LogP contribution in [0.2, 0.25) is 0 Å². The molecule has 0 atom stereocenters. The lowest BCUT2D eigenvalue weighted by atomic mass is 9.49. The van der Waals surface area contributed by atoms with Crippen LogP contribution in [-0.2, 0) is 6.54 Å². The van der Waals surface area contributed by atoms with E-state index in [1.807, 2.05) is 6.20 Å². The molecule has 2 N–H and O–H groups in total. The second-order valence-corrected chi connectivity index (χ2v) is 6.89. The predicted molar refractivity (Wildman–Crippen MR) is 67.2 cm³/mol. The number of hydrogen-bond acceptors (Lipinski definition) is 2. The highest BCUT2D eigenvalue weighted by Gasteiger charge is 2.50. The highest BCUT2D eigenvalue weighted by atomic mass is 15.3. The molecule has 4 aliphatic carbocycles. The molecular weight excluding hydrogens is 210 g/mol. The summed E-state index contributed by atoms with van der Waals surface area (Å²) >= 11 is 0. The molecule has 0 saturated heterocycles. The molecule has 3 heteroatoms. The van der Waals surface area contributed by atoms with Gasteiger partial charge in [-0.3, -0.25) is 4.68 Å². The molecule has 0 aromatic carbocycles. The Morgan fingerprint density at radius 2 is 1.76 bits per heavy atom. The second-order valence-electron chi connectivity index (χ2n) is 6.89. The van der Waals surface area contributed by atoms with Crippen molar-refractivity contribution >= 4 is 5.69 Å². The van der Waals surface area contributed by atoms with E-state index < -0.39 is 0 Å². The maximum atomic E-state index is 5.76. The Labute approximate surface area is 102 Å². The minimum atomic E-state index is 0.563. The van der Waals surface area contributed by atoms with Crippen LogP contribution in [0.15, 0.2) is 12.4 Å². The van der Waals surface area contributed by atoms with Gasteiger partial charge in [0.05, 0.1) is 11.9 Å². The van der Waals surface area contributed by atoms with Crippen LogP contribution in [0.3, 0.4) is 0 Å². The zero-order valence-corrected chi connectivity index (χ0v) is 10.3. The van der Waals surface area contributed by atoms with Gasteiger partial charge in [0.25, 0.3) is 0 Å². The molecule has 17 heavy (non-hydrogen) atoms. The molecule has 1 aromatic rings. The molecule has 4 aliphatic rings. The Morgan fingerprint density at radius 1 is 1.18 bits per heavy atom. The normalized spacial score (nSPS) is 43.2. The van der Waals surface area contributed by atoms with Crippen molar-refractivity contribution in [3.63, 3.8) is 0 Å². The van der Waals surface area contributed by atoms with Crippen LogP contribution in [0, 0.1) is 23.2 Å². The minimum absolute atomic E-state index is 0.563. The van der Waals surface area contributed by atoms with Gasteiger partial charge in [0.15, 0.2) is 0 Å². The summed E-state index contributed by atoms with van der Waals surface area (Å²) in [5.74, 6) is 3.07. The third-order valence-corrected chi connectivity index (χ3v) is 5.32. The van der Waals surface area contributed by atoms with Gasteiger partial charge in [-0.15, -0.1) is 0 Å². The zero-order chi connectivity index (χ0) is 11.5. The van der Waals surface area contributed by atoms with Gasteiger partial charge in [-0.2, -0.15) is 5.10 Å². The average molecular weight is 231 g/mol. The Balaban J connectivity index is 1.60. The van der Waals surface area contributed by atoms with Crippen molar-refractivity contribution in [1.82, 2.24) is 9.78 Å². The molecule has 3 nitrogen and oxygen atoms in total. The summed E-state index contributed by atoms with van der Waals surface area (Å²) in [7, 11) is 0. The molecule has 5 rings (SSSR count). The standard InChI is InChI=1S/C14H21N3/c15-13-7-16-17(8-13)9-14-4-10-1-11(5-14)3-12(2-10)6-14/h7-8,10-12H,1-6,9,15H2. The smallest absolute Gasteiger partial charge is 0.0719 e. The molecule has 92 valence electrons. The van der Waals surface area contributed by atoms with Gasteiger partial charge in [0.1, 0.15) is 0 Å². The number of rotatable bonds is 2. The molecule has 0 amide bonds. The van der Waals surface area contributed by atoms with Crippen LogP contribution >= 0.6 is 0 Å². The fourth-order valence-corrected chi connectivity index (χ4v) is 5.29. The third-order valence-electron chi connectivity index (χ3n) is 5.32. The van der Waals surface area contributed by atoms with Gasteiger partial charge < -0.3 is 5.73 Å². The van der Waals surface area contributed by atoms with E-state index in [-0.39, 0.29) is 0 Å². The quantitative estimate of drug-likeness (QED) is 0.850. The molecule has 0 radical (unpaired) electrons. The van der Waals surface area contributed by atoms with E-state index >= 15 is 0 Å². The monoisotopic (exact) mass is 231 g/mol. The minimum Gasteiger partial charge on any atom is -0.396 e. The molecule has 1 aromatic heterocycles. The topological polar surface area (TPSA) is 43.8 Å². The number of nitrogens with two attached hydrogens (primary N) is 1. The number of hydrogen-bond donors (Lipinski definition) is 1. The fourth-order valence-electron chi connectivity index (χ4n) is 5.29. The van der Waals surface area contributed by atoms with E-state index in [9.17, 15) is 0 Å². The van der Waals surface area contributed by atoms with Gasteiger partial charge >= 0.3 is 0 Å². The van der Waals surface area contributed by atoms with Gasteiger partial charge in [0.2, 0.25) is 0 Å². The first-order valence-corrected chi connectivity index (χ1v) is 6.99. The Bertz CT molecular complexity index is 399. The lowest BCUT2D eigenvalue weighted by molar-refractivity contribution is -0.0635. The first-order chi connectivity index (χ1) is 8.21. The highest BCUT2D eigenvalue weighted by Crippen LogP contribution is 2.60. The first-order valence-electron chi connectivity index (χ1n) is 6.99. The van der Waals surface area contributed by atoms with Crippen LogP contribution in [0.5, 0.6) is 0 Å². The summed E-state index contributed by atoms with van der Waals surface area (Å²) in [5.41, 5.74) is 7.13. The number of nitrogens with zero attached hydrogens (tertiary/aromatic N) is 2. The molecule has 4 saturated carbocycles. The van der Waals surface area contributed by atoms with Crippen molar-refractivity contribution in [2.75, 3.05) is 5.73 Å². The fraction of sp³-hybridized carbons (Fsp3) is 0.786. The van der Waals surface area contributed by atoms with E-state index in [0.29, 0.717) is 5.41 Å². The van der Waals surface area contributed by atoms with Crippen molar-refractivity contribution in [2.45, 2.75) is 45.1 Å². The summed E-state index contributed by atoms with van der Waals surface area (Å²) in [6.45, 7) is 1.10. The van der Waals surface area contributed by atoms with E-state index in [0.717, 1.165) is 30.0 Å². The van der Waals surface area contributed by atoms with Crippen LogP contribution in [0.25, 0.3) is 0 Å². The highest BCUT2D eigenvalue weighted by molar-refractivity contribution is 5.30. The van der Waals surface area contributed by atoms with Crippen molar-refractivity contribution in [2.24, 2.45) is 23.2 Å². The van der Waals surface area contributed by atoms with Crippen molar-refractivity contribution in [3.8, 4) is 0 Å². The van der Waals surface area contributed by atoms with Crippen molar-refractivity contribution in [1.29, 1.82) is 0 Å². The molecule has 4 bridgehead atoms. The van der Waals surface area contributed by atoms with Gasteiger partial charge in [-0.1, -0.05) is 0 Å². The van der Waals surface area contributed by atoms with Gasteiger partial charge in [-0.25, -0.2) is 0 Å². The summed E-state index contributed by atoms with van der Waals surface area (Å²) in [6, 6.07) is 0. The first kappa shape index (κ1) is 9.98. The molecule has 0 aliphatic heterocycles. The molecular formula is C14H21N3. The number of anilines is 1. The van der Waals surface area contributed by atoms with Crippen LogP contribution in [-0.4, -0.2) is 9.78 Å². The molecule has 1 heterocycles. The maximum absolute atomic E-state index is 5.76. The zero-order valence-electron chi connectivity index (χ0n) is 10.3. The molecule has 4 fully saturated rings. The van der Waals surface area contributed by atoms with Crippen LogP contribution < -0.4 is 5.73 Å².